The highest BCUT2D eigenvalue weighted by Crippen LogP contribution is 1.60. The zero-order valence-corrected chi connectivity index (χ0v) is 7.80. The fourth-order valence-electron chi connectivity index (χ4n) is 0.287. The summed E-state index contributed by atoms with van der Waals surface area (Å²) in [6.07, 6.45) is 3.65. The Morgan fingerprint density at radius 1 is 1.42 bits per heavy atom. The molecule has 0 spiro atoms. The van der Waals surface area contributed by atoms with E-state index < -0.39 is 0 Å². The number of ether oxygens (including phenoxy) is 1. The Morgan fingerprint density at radius 3 is 1.92 bits per heavy atom. The van der Waals surface area contributed by atoms with Crippen molar-refractivity contribution in [2.24, 2.45) is 0 Å². The Morgan fingerprint density at radius 2 is 1.75 bits per heavy atom. The summed E-state index contributed by atoms with van der Waals surface area (Å²) in [5.41, 5.74) is 0. The van der Waals surface area contributed by atoms with Crippen LogP contribution in [0.5, 0.6) is 0 Å². The fraction of sp³-hybridized carbons (Fsp3) is 0.444. The minimum absolute atomic E-state index is 0.245. The summed E-state index contributed by atoms with van der Waals surface area (Å²) < 4.78 is 4.11. The molecule has 0 bridgehead atoms. The molecule has 3 nitrogen and oxygen atoms in total. The van der Waals surface area contributed by atoms with E-state index >= 15 is 0 Å². The number of hydrogen-bond donors (Lipinski definition) is 1. The van der Waals surface area contributed by atoms with Crippen molar-refractivity contribution in [2.75, 3.05) is 20.2 Å². The third-order valence-electron chi connectivity index (χ3n) is 0.865. The highest BCUT2D eigenvalue weighted by Gasteiger charge is 1.75. The first-order chi connectivity index (χ1) is 5.68. The Balaban J connectivity index is 0. The van der Waals surface area contributed by atoms with Crippen molar-refractivity contribution in [3.8, 4) is 0 Å². The Labute approximate surface area is 74.1 Å². The third kappa shape index (κ3) is 23.1. The molecule has 0 aliphatic heterocycles. The van der Waals surface area contributed by atoms with Gasteiger partial charge in [0.1, 0.15) is 0 Å². The minimum atomic E-state index is -0.245. The van der Waals surface area contributed by atoms with E-state index in [0.29, 0.717) is 0 Å². The van der Waals surface area contributed by atoms with Gasteiger partial charge in [0, 0.05) is 20.0 Å². The summed E-state index contributed by atoms with van der Waals surface area (Å²) in [6.45, 7) is 10.2. The maximum Gasteiger partial charge on any atom is 0.302 e. The summed E-state index contributed by atoms with van der Waals surface area (Å²) in [7, 11) is 1.35. The predicted molar refractivity (Wildman–Crippen MR) is 51.0 cm³/mol. The molecule has 0 aromatic carbocycles. The van der Waals surface area contributed by atoms with Crippen LogP contribution >= 0.6 is 0 Å². The molecule has 0 rings (SSSR count). The Kier molecular flexibility index (Phi) is 14.1. The van der Waals surface area contributed by atoms with Gasteiger partial charge >= 0.3 is 5.97 Å². The van der Waals surface area contributed by atoms with E-state index in [1.54, 1.807) is 0 Å². The zero-order chi connectivity index (χ0) is 9.82. The van der Waals surface area contributed by atoms with Crippen LogP contribution < -0.4 is 5.32 Å². The largest absolute Gasteiger partial charge is 0.469 e. The number of methoxy groups -OCH3 is 1. The summed E-state index contributed by atoms with van der Waals surface area (Å²) in [5.74, 6) is -0.245. The number of rotatable bonds is 4. The molecule has 0 aromatic heterocycles. The molecule has 12 heavy (non-hydrogen) atoms. The van der Waals surface area contributed by atoms with Crippen molar-refractivity contribution in [3.05, 3.63) is 25.3 Å². The molecule has 0 amide bonds. The molecule has 0 aliphatic rings. The average Bonchev–Trinajstić information content (AvgIpc) is 2.07. The lowest BCUT2D eigenvalue weighted by molar-refractivity contribution is -0.137. The predicted octanol–water partition coefficient (Wildman–Crippen LogP) is 1.13. The van der Waals surface area contributed by atoms with Gasteiger partial charge in [0.2, 0.25) is 0 Å². The van der Waals surface area contributed by atoms with Crippen LogP contribution in [0, 0.1) is 0 Å². The van der Waals surface area contributed by atoms with Crippen molar-refractivity contribution in [2.45, 2.75) is 6.92 Å². The van der Waals surface area contributed by atoms with Gasteiger partial charge in [0.05, 0.1) is 7.11 Å². The number of nitrogens with one attached hydrogen (secondary N) is 1. The molecule has 3 heteroatoms. The van der Waals surface area contributed by atoms with Crippen LogP contribution in [0.2, 0.25) is 0 Å². The van der Waals surface area contributed by atoms with Crippen LogP contribution in [-0.4, -0.2) is 26.2 Å². The zero-order valence-electron chi connectivity index (χ0n) is 7.80. The number of carbonyl (C=O) groups is 1. The molecule has 0 saturated heterocycles. The van der Waals surface area contributed by atoms with Crippen molar-refractivity contribution >= 4 is 5.97 Å². The lowest BCUT2D eigenvalue weighted by Gasteiger charge is -1.90. The van der Waals surface area contributed by atoms with E-state index in [2.05, 4.69) is 23.2 Å². The van der Waals surface area contributed by atoms with Gasteiger partial charge in [-0.3, -0.25) is 4.79 Å². The molecule has 0 atom stereocenters. The van der Waals surface area contributed by atoms with E-state index in [0.717, 1.165) is 13.1 Å². The third-order valence-corrected chi connectivity index (χ3v) is 0.865. The maximum absolute atomic E-state index is 9.59. The van der Waals surface area contributed by atoms with Gasteiger partial charge in [0.15, 0.2) is 0 Å². The topological polar surface area (TPSA) is 38.3 Å². The smallest absolute Gasteiger partial charge is 0.302 e. The van der Waals surface area contributed by atoms with Crippen molar-refractivity contribution < 1.29 is 9.53 Å². The first-order valence-corrected chi connectivity index (χ1v) is 3.66. The van der Waals surface area contributed by atoms with Crippen molar-refractivity contribution in [1.82, 2.24) is 5.32 Å². The van der Waals surface area contributed by atoms with Crippen LogP contribution in [0.3, 0.4) is 0 Å². The second-order valence-electron chi connectivity index (χ2n) is 1.93. The Bertz CT molecular complexity index is 124. The van der Waals surface area contributed by atoms with E-state index in [-0.39, 0.29) is 5.97 Å². The van der Waals surface area contributed by atoms with Gasteiger partial charge in [-0.15, -0.1) is 13.2 Å². The lowest BCUT2D eigenvalue weighted by atomic mass is 10.5. The van der Waals surface area contributed by atoms with Crippen molar-refractivity contribution in [1.29, 1.82) is 0 Å². The van der Waals surface area contributed by atoms with Gasteiger partial charge in [-0.05, 0) is 0 Å². The van der Waals surface area contributed by atoms with Crippen LogP contribution in [0.15, 0.2) is 25.3 Å². The second-order valence-corrected chi connectivity index (χ2v) is 1.93. The summed E-state index contributed by atoms with van der Waals surface area (Å²) in [5, 5.41) is 3.05. The monoisotopic (exact) mass is 171 g/mol. The lowest BCUT2D eigenvalue weighted by Crippen LogP contribution is -2.11. The van der Waals surface area contributed by atoms with Gasteiger partial charge in [-0.25, -0.2) is 0 Å². The van der Waals surface area contributed by atoms with E-state index in [1.807, 2.05) is 12.2 Å². The van der Waals surface area contributed by atoms with Gasteiger partial charge in [0.25, 0.3) is 0 Å². The number of esters is 1. The van der Waals surface area contributed by atoms with Crippen LogP contribution in [0.4, 0.5) is 0 Å². The first kappa shape index (κ1) is 13.5. The average molecular weight is 171 g/mol. The number of hydrogen-bond acceptors (Lipinski definition) is 3. The summed E-state index contributed by atoms with van der Waals surface area (Å²) in [4.78, 5) is 9.59. The molecule has 0 radical (unpaired) electrons. The number of carbonyl (C=O) groups excluding carboxylic acids is 1. The molecule has 0 aromatic rings. The van der Waals surface area contributed by atoms with Crippen LogP contribution in [0.1, 0.15) is 6.92 Å². The first-order valence-electron chi connectivity index (χ1n) is 3.66. The molecular formula is C9H17NO2. The molecular weight excluding hydrogens is 154 g/mol. The summed E-state index contributed by atoms with van der Waals surface area (Å²) in [6, 6.07) is 0. The second kappa shape index (κ2) is 12.6. The van der Waals surface area contributed by atoms with Gasteiger partial charge < -0.3 is 10.1 Å². The molecule has 0 heterocycles. The minimum Gasteiger partial charge on any atom is -0.469 e. The highest BCUT2D eigenvalue weighted by molar-refractivity contribution is 5.65. The normalized spacial score (nSPS) is 7.50. The van der Waals surface area contributed by atoms with E-state index in [4.69, 9.17) is 0 Å². The van der Waals surface area contributed by atoms with Gasteiger partial charge in [-0.1, -0.05) is 12.2 Å². The standard InChI is InChI=1S/C6H11N.C3H6O2/c1-3-5-7-6-4-2;1-3(4)5-2/h3-4,7H,1-2,5-6H2;1-2H3. The van der Waals surface area contributed by atoms with Gasteiger partial charge in [-0.2, -0.15) is 0 Å². The maximum atomic E-state index is 9.59. The quantitative estimate of drug-likeness (QED) is 0.391. The molecule has 0 saturated carbocycles. The molecule has 0 aliphatic carbocycles. The molecule has 0 unspecified atom stereocenters. The fourth-order valence-corrected chi connectivity index (χ4v) is 0.287. The molecule has 70 valence electrons. The molecule has 0 fully saturated rings. The van der Waals surface area contributed by atoms with Crippen molar-refractivity contribution in [3.63, 3.8) is 0 Å². The van der Waals surface area contributed by atoms with E-state index in [9.17, 15) is 4.79 Å². The van der Waals surface area contributed by atoms with E-state index in [1.165, 1.54) is 14.0 Å². The van der Waals surface area contributed by atoms with Crippen LogP contribution in [0.25, 0.3) is 0 Å². The highest BCUT2D eigenvalue weighted by atomic mass is 16.5. The van der Waals surface area contributed by atoms with Crippen LogP contribution in [-0.2, 0) is 9.53 Å². The molecule has 1 N–H and O–H groups in total. The SMILES string of the molecule is C=CCNCC=C.COC(C)=O. The Hall–Kier alpha value is -1.09. The summed E-state index contributed by atoms with van der Waals surface area (Å²) >= 11 is 0.